The maximum atomic E-state index is 12.8. The number of benzene rings is 2. The molecular weight excluding hydrogens is 313 g/mol. The van der Waals surface area contributed by atoms with E-state index in [-0.39, 0.29) is 6.54 Å². The molecule has 0 saturated heterocycles. The van der Waals surface area contributed by atoms with Crippen molar-refractivity contribution < 1.29 is 18.8 Å². The topological polar surface area (TPSA) is 87.3 Å². The third-order valence-electron chi connectivity index (χ3n) is 3.02. The second kappa shape index (κ2) is 7.87. The maximum absolute atomic E-state index is 12.8. The molecule has 0 radical (unpaired) electrons. The number of nitrogens with one attached hydrogen (secondary N) is 3. The van der Waals surface area contributed by atoms with Gasteiger partial charge >= 0.3 is 11.8 Å². The minimum atomic E-state index is -0.925. The predicted octanol–water partition coefficient (Wildman–Crippen LogP) is 1.83. The van der Waals surface area contributed by atoms with Crippen LogP contribution >= 0.6 is 0 Å². The summed E-state index contributed by atoms with van der Waals surface area (Å²) in [4.78, 5) is 35.1. The Morgan fingerprint density at radius 3 is 2.29 bits per heavy atom. The van der Waals surface area contributed by atoms with Crippen molar-refractivity contribution in [2.24, 2.45) is 0 Å². The SMILES string of the molecule is Cc1cccc(NC(=O)C(=O)NCC(=O)Nc2ccc(F)cc2)c1. The minimum absolute atomic E-state index is 0.378. The number of anilines is 2. The smallest absolute Gasteiger partial charge is 0.313 e. The van der Waals surface area contributed by atoms with E-state index >= 15 is 0 Å². The monoisotopic (exact) mass is 329 g/mol. The van der Waals surface area contributed by atoms with E-state index in [4.69, 9.17) is 0 Å². The number of rotatable bonds is 4. The summed E-state index contributed by atoms with van der Waals surface area (Å²) in [5, 5.41) is 7.12. The maximum Gasteiger partial charge on any atom is 0.313 e. The number of aryl methyl sites for hydroxylation is 1. The predicted molar refractivity (Wildman–Crippen MR) is 87.8 cm³/mol. The molecule has 0 fully saturated rings. The number of hydrogen-bond donors (Lipinski definition) is 3. The molecule has 3 amide bonds. The highest BCUT2D eigenvalue weighted by atomic mass is 19.1. The van der Waals surface area contributed by atoms with Crippen molar-refractivity contribution >= 4 is 29.1 Å². The Balaban J connectivity index is 1.80. The molecular formula is C17H16FN3O3. The molecule has 2 aromatic rings. The van der Waals surface area contributed by atoms with E-state index in [9.17, 15) is 18.8 Å². The van der Waals surface area contributed by atoms with Crippen LogP contribution in [0, 0.1) is 12.7 Å². The van der Waals surface area contributed by atoms with Crippen LogP contribution in [-0.2, 0) is 14.4 Å². The molecule has 0 aliphatic rings. The van der Waals surface area contributed by atoms with Gasteiger partial charge in [0.25, 0.3) is 0 Å². The van der Waals surface area contributed by atoms with Crippen LogP contribution in [0.25, 0.3) is 0 Å². The first-order chi connectivity index (χ1) is 11.4. The molecule has 0 aliphatic heterocycles. The second-order valence-electron chi connectivity index (χ2n) is 5.06. The van der Waals surface area contributed by atoms with Crippen LogP contribution in [-0.4, -0.2) is 24.3 Å². The van der Waals surface area contributed by atoms with Crippen molar-refractivity contribution in [3.05, 3.63) is 59.9 Å². The highest BCUT2D eigenvalue weighted by Crippen LogP contribution is 2.09. The summed E-state index contributed by atoms with van der Waals surface area (Å²) in [6, 6.07) is 12.1. The van der Waals surface area contributed by atoms with Gasteiger partial charge in [-0.2, -0.15) is 0 Å². The first-order valence-corrected chi connectivity index (χ1v) is 7.15. The van der Waals surface area contributed by atoms with Crippen molar-refractivity contribution in [3.63, 3.8) is 0 Å². The quantitative estimate of drug-likeness (QED) is 0.748. The lowest BCUT2D eigenvalue weighted by Crippen LogP contribution is -2.39. The molecule has 0 saturated carbocycles. The zero-order valence-corrected chi connectivity index (χ0v) is 12.9. The number of halogens is 1. The van der Waals surface area contributed by atoms with Crippen LogP contribution in [0.3, 0.4) is 0 Å². The molecule has 0 spiro atoms. The van der Waals surface area contributed by atoms with Crippen molar-refractivity contribution in [1.82, 2.24) is 5.32 Å². The van der Waals surface area contributed by atoms with Crippen LogP contribution in [0.2, 0.25) is 0 Å². The van der Waals surface area contributed by atoms with Gasteiger partial charge in [-0.25, -0.2) is 4.39 Å². The third-order valence-corrected chi connectivity index (χ3v) is 3.02. The zero-order valence-electron chi connectivity index (χ0n) is 12.9. The zero-order chi connectivity index (χ0) is 17.5. The van der Waals surface area contributed by atoms with Gasteiger partial charge in [-0.05, 0) is 48.9 Å². The standard InChI is InChI=1S/C17H16FN3O3/c1-11-3-2-4-14(9-11)21-17(24)16(23)19-10-15(22)20-13-7-5-12(18)6-8-13/h2-9H,10H2,1H3,(H,19,23)(H,20,22)(H,21,24). The summed E-state index contributed by atoms with van der Waals surface area (Å²) in [5.74, 6) is -2.74. The average Bonchev–Trinajstić information content (AvgIpc) is 2.54. The summed E-state index contributed by atoms with van der Waals surface area (Å²) in [5.41, 5.74) is 1.82. The number of hydrogen-bond acceptors (Lipinski definition) is 3. The van der Waals surface area contributed by atoms with E-state index in [1.165, 1.54) is 24.3 Å². The van der Waals surface area contributed by atoms with Crippen molar-refractivity contribution in [2.75, 3.05) is 17.2 Å². The lowest BCUT2D eigenvalue weighted by atomic mass is 10.2. The normalized spacial score (nSPS) is 9.92. The number of carbonyl (C=O) groups is 3. The number of carbonyl (C=O) groups excluding carboxylic acids is 3. The Kier molecular flexibility index (Phi) is 5.62. The lowest BCUT2D eigenvalue weighted by Gasteiger charge is -2.08. The fraction of sp³-hybridized carbons (Fsp3) is 0.118. The molecule has 0 unspecified atom stereocenters. The van der Waals surface area contributed by atoms with Crippen molar-refractivity contribution in [2.45, 2.75) is 6.92 Å². The molecule has 0 bridgehead atoms. The third kappa shape index (κ3) is 5.20. The summed E-state index contributed by atoms with van der Waals surface area (Å²) < 4.78 is 12.8. The van der Waals surface area contributed by atoms with Gasteiger partial charge in [0.15, 0.2) is 0 Å². The Bertz CT molecular complexity index is 760. The summed E-state index contributed by atoms with van der Waals surface area (Å²) in [7, 11) is 0. The van der Waals surface area contributed by atoms with Gasteiger partial charge in [-0.1, -0.05) is 12.1 Å². The molecule has 3 N–H and O–H groups in total. The fourth-order valence-electron chi connectivity index (χ4n) is 1.89. The average molecular weight is 329 g/mol. The Hall–Kier alpha value is -3.22. The van der Waals surface area contributed by atoms with Gasteiger partial charge in [0.05, 0.1) is 6.54 Å². The highest BCUT2D eigenvalue weighted by Gasteiger charge is 2.15. The fourth-order valence-corrected chi connectivity index (χ4v) is 1.89. The van der Waals surface area contributed by atoms with E-state index in [0.29, 0.717) is 11.4 Å². The van der Waals surface area contributed by atoms with Gasteiger partial charge in [-0.3, -0.25) is 14.4 Å². The van der Waals surface area contributed by atoms with E-state index < -0.39 is 23.5 Å². The highest BCUT2D eigenvalue weighted by molar-refractivity contribution is 6.39. The Morgan fingerprint density at radius 2 is 1.62 bits per heavy atom. The molecule has 2 aromatic carbocycles. The molecule has 124 valence electrons. The second-order valence-corrected chi connectivity index (χ2v) is 5.06. The van der Waals surface area contributed by atoms with Gasteiger partial charge in [0.1, 0.15) is 5.82 Å². The Morgan fingerprint density at radius 1 is 0.917 bits per heavy atom. The first kappa shape index (κ1) is 17.1. The van der Waals surface area contributed by atoms with Gasteiger partial charge in [0, 0.05) is 11.4 Å². The molecule has 24 heavy (non-hydrogen) atoms. The van der Waals surface area contributed by atoms with E-state index in [0.717, 1.165) is 5.56 Å². The van der Waals surface area contributed by atoms with Crippen LogP contribution in [0.5, 0.6) is 0 Å². The van der Waals surface area contributed by atoms with Gasteiger partial charge < -0.3 is 16.0 Å². The molecule has 2 rings (SSSR count). The minimum Gasteiger partial charge on any atom is -0.339 e. The molecule has 0 heterocycles. The number of amides is 3. The lowest BCUT2D eigenvalue weighted by molar-refractivity contribution is -0.136. The van der Waals surface area contributed by atoms with Crippen molar-refractivity contribution in [3.8, 4) is 0 Å². The van der Waals surface area contributed by atoms with Crippen LogP contribution in [0.4, 0.5) is 15.8 Å². The molecule has 7 heteroatoms. The summed E-state index contributed by atoms with van der Waals surface area (Å²) in [6.45, 7) is 1.48. The largest absolute Gasteiger partial charge is 0.339 e. The van der Waals surface area contributed by atoms with Gasteiger partial charge in [-0.15, -0.1) is 0 Å². The molecule has 6 nitrogen and oxygen atoms in total. The van der Waals surface area contributed by atoms with Gasteiger partial charge in [0.2, 0.25) is 5.91 Å². The van der Waals surface area contributed by atoms with E-state index in [1.807, 2.05) is 13.0 Å². The van der Waals surface area contributed by atoms with Crippen LogP contribution in [0.1, 0.15) is 5.56 Å². The van der Waals surface area contributed by atoms with Crippen molar-refractivity contribution in [1.29, 1.82) is 0 Å². The first-order valence-electron chi connectivity index (χ1n) is 7.15. The Labute approximate surface area is 138 Å². The molecule has 0 atom stereocenters. The molecule has 0 aliphatic carbocycles. The summed E-state index contributed by atoms with van der Waals surface area (Å²) >= 11 is 0. The van der Waals surface area contributed by atoms with Crippen LogP contribution < -0.4 is 16.0 Å². The molecule has 0 aromatic heterocycles. The van der Waals surface area contributed by atoms with Crippen LogP contribution in [0.15, 0.2) is 48.5 Å². The summed E-state index contributed by atoms with van der Waals surface area (Å²) in [6.07, 6.45) is 0. The van der Waals surface area contributed by atoms with E-state index in [1.54, 1.807) is 18.2 Å². The van der Waals surface area contributed by atoms with E-state index in [2.05, 4.69) is 16.0 Å².